The Morgan fingerprint density at radius 1 is 0.426 bits per heavy atom. The van der Waals surface area contributed by atoms with Gasteiger partial charge in [-0.15, -0.1) is 0 Å². The van der Waals surface area contributed by atoms with E-state index in [2.05, 4.69) is 164 Å². The molecule has 5 nitrogen and oxygen atoms in total. The topological polar surface area (TPSA) is 56.7 Å². The summed E-state index contributed by atoms with van der Waals surface area (Å²) in [5.74, 6) is 1.72. The zero-order chi connectivity index (χ0) is 40.4. The molecule has 12 aromatic rings. The zero-order valence-corrected chi connectivity index (χ0v) is 33.5. The fourth-order valence-corrected chi connectivity index (χ4v) is 10.1. The summed E-state index contributed by atoms with van der Waals surface area (Å²) in [6, 6.07) is 64.9. The van der Waals surface area contributed by atoms with E-state index in [-0.39, 0.29) is 5.41 Å². The second kappa shape index (κ2) is 12.6. The van der Waals surface area contributed by atoms with Gasteiger partial charge in [0, 0.05) is 43.7 Å². The van der Waals surface area contributed by atoms with Gasteiger partial charge < -0.3 is 4.42 Å². The standard InChI is InChI=1S/C56H36N4O/c1-56(2)46-27-25-37(30-45(46)51-39-18-9-8-13-33(39)24-28-47(51)56)40-20-12-21-43-44-29-35-16-6-7-17-36(35)31-48(44)60(52(40)43)55-58-53(34-14-4-3-5-15-34)57-54(59-55)38-23-26-42-41-19-10-11-22-49(41)61-50(42)32-38/h3-32H,1-2H3. The maximum atomic E-state index is 6.37. The average molecular weight is 781 g/mol. The third-order valence-corrected chi connectivity index (χ3v) is 13.0. The van der Waals surface area contributed by atoms with Crippen LogP contribution in [0.25, 0.3) is 116 Å². The van der Waals surface area contributed by atoms with Gasteiger partial charge in [0.15, 0.2) is 11.6 Å². The molecule has 286 valence electrons. The number of hydrogen-bond donors (Lipinski definition) is 0. The summed E-state index contributed by atoms with van der Waals surface area (Å²) in [6.45, 7) is 4.70. The molecule has 0 saturated carbocycles. The Balaban J connectivity index is 1.10. The van der Waals surface area contributed by atoms with Gasteiger partial charge in [-0.3, -0.25) is 4.57 Å². The Morgan fingerprint density at radius 3 is 1.95 bits per heavy atom. The molecule has 0 spiro atoms. The molecule has 0 atom stereocenters. The normalized spacial score (nSPS) is 13.2. The molecule has 0 N–H and O–H groups in total. The molecular formula is C56H36N4O. The van der Waals surface area contributed by atoms with Crippen LogP contribution in [0.2, 0.25) is 0 Å². The van der Waals surface area contributed by atoms with E-state index in [1.807, 2.05) is 36.4 Å². The Labute approximate surface area is 351 Å². The summed E-state index contributed by atoms with van der Waals surface area (Å²) in [6.07, 6.45) is 0. The summed E-state index contributed by atoms with van der Waals surface area (Å²) in [4.78, 5) is 15.9. The first kappa shape index (κ1) is 34.0. The zero-order valence-electron chi connectivity index (χ0n) is 33.5. The van der Waals surface area contributed by atoms with Gasteiger partial charge in [-0.2, -0.15) is 9.97 Å². The lowest BCUT2D eigenvalue weighted by atomic mass is 9.82. The minimum absolute atomic E-state index is 0.130. The van der Waals surface area contributed by atoms with E-state index in [0.717, 1.165) is 71.4 Å². The lowest BCUT2D eigenvalue weighted by molar-refractivity contribution is 0.661. The summed E-state index contributed by atoms with van der Waals surface area (Å²) < 4.78 is 8.63. The van der Waals surface area contributed by atoms with Gasteiger partial charge in [-0.25, -0.2) is 4.98 Å². The Hall–Kier alpha value is -7.89. The van der Waals surface area contributed by atoms with Gasteiger partial charge in [-0.05, 0) is 85.8 Å². The number of benzene rings is 9. The molecule has 0 aliphatic heterocycles. The van der Waals surface area contributed by atoms with Crippen LogP contribution in [-0.4, -0.2) is 19.5 Å². The Morgan fingerprint density at radius 2 is 1.10 bits per heavy atom. The van der Waals surface area contributed by atoms with E-state index in [1.54, 1.807) is 0 Å². The highest BCUT2D eigenvalue weighted by atomic mass is 16.3. The van der Waals surface area contributed by atoms with Gasteiger partial charge in [0.05, 0.1) is 11.0 Å². The van der Waals surface area contributed by atoms with Gasteiger partial charge in [-0.1, -0.05) is 159 Å². The highest BCUT2D eigenvalue weighted by Gasteiger charge is 2.36. The van der Waals surface area contributed by atoms with Crippen molar-refractivity contribution in [2.75, 3.05) is 0 Å². The molecule has 0 saturated heterocycles. The van der Waals surface area contributed by atoms with E-state index in [0.29, 0.717) is 17.6 Å². The van der Waals surface area contributed by atoms with Crippen LogP contribution in [0, 0.1) is 0 Å². The number of aromatic nitrogens is 4. The number of hydrogen-bond acceptors (Lipinski definition) is 4. The van der Waals surface area contributed by atoms with Crippen molar-refractivity contribution >= 4 is 65.3 Å². The molecule has 3 heterocycles. The summed E-state index contributed by atoms with van der Waals surface area (Å²) >= 11 is 0. The van der Waals surface area contributed by atoms with Crippen molar-refractivity contribution in [3.05, 3.63) is 193 Å². The summed E-state index contributed by atoms with van der Waals surface area (Å²) in [5, 5.41) is 9.29. The molecule has 9 aromatic carbocycles. The summed E-state index contributed by atoms with van der Waals surface area (Å²) in [7, 11) is 0. The van der Waals surface area contributed by atoms with E-state index in [9.17, 15) is 0 Å². The van der Waals surface area contributed by atoms with Crippen molar-refractivity contribution in [1.29, 1.82) is 0 Å². The third kappa shape index (κ3) is 4.98. The molecule has 1 aliphatic carbocycles. The van der Waals surface area contributed by atoms with Crippen LogP contribution >= 0.6 is 0 Å². The molecule has 5 heteroatoms. The second-order valence-electron chi connectivity index (χ2n) is 16.8. The van der Waals surface area contributed by atoms with Gasteiger partial charge in [0.2, 0.25) is 5.95 Å². The molecule has 3 aromatic heterocycles. The molecule has 1 aliphatic rings. The second-order valence-corrected chi connectivity index (χ2v) is 16.8. The third-order valence-electron chi connectivity index (χ3n) is 13.0. The predicted molar refractivity (Wildman–Crippen MR) is 250 cm³/mol. The lowest BCUT2D eigenvalue weighted by Crippen LogP contribution is -2.14. The van der Waals surface area contributed by atoms with Gasteiger partial charge >= 0.3 is 0 Å². The predicted octanol–water partition coefficient (Wildman–Crippen LogP) is 14.5. The first-order valence-corrected chi connectivity index (χ1v) is 20.8. The van der Waals surface area contributed by atoms with Crippen LogP contribution in [0.15, 0.2) is 186 Å². The molecule has 0 bridgehead atoms. The fraction of sp³-hybridized carbons (Fsp3) is 0.0536. The minimum atomic E-state index is -0.130. The maximum absolute atomic E-state index is 6.37. The maximum Gasteiger partial charge on any atom is 0.238 e. The van der Waals surface area contributed by atoms with E-state index < -0.39 is 0 Å². The average Bonchev–Trinajstić information content (AvgIpc) is 3.92. The van der Waals surface area contributed by atoms with E-state index >= 15 is 0 Å². The van der Waals surface area contributed by atoms with Crippen LogP contribution < -0.4 is 0 Å². The largest absolute Gasteiger partial charge is 0.456 e. The Kier molecular flexibility index (Phi) is 7.00. The number of para-hydroxylation sites is 2. The van der Waals surface area contributed by atoms with Crippen LogP contribution in [0.5, 0.6) is 0 Å². The SMILES string of the molecule is CC1(C)c2ccc(-c3cccc4c5cc6ccccc6cc5n(-c5nc(-c6ccccc6)nc(-c6ccc7c(c6)oc6ccccc67)n5)c34)cc2-c2c1ccc1ccccc21. The molecule has 61 heavy (non-hydrogen) atoms. The number of fused-ring (bicyclic) bond motifs is 12. The van der Waals surface area contributed by atoms with Crippen LogP contribution in [0.4, 0.5) is 0 Å². The van der Waals surface area contributed by atoms with Crippen molar-refractivity contribution in [2.45, 2.75) is 19.3 Å². The first-order valence-electron chi connectivity index (χ1n) is 20.8. The van der Waals surface area contributed by atoms with Crippen LogP contribution in [0.1, 0.15) is 25.0 Å². The van der Waals surface area contributed by atoms with E-state index in [1.165, 1.54) is 38.4 Å². The van der Waals surface area contributed by atoms with Crippen LogP contribution in [0.3, 0.4) is 0 Å². The monoisotopic (exact) mass is 780 g/mol. The van der Waals surface area contributed by atoms with Gasteiger partial charge in [0.1, 0.15) is 11.2 Å². The highest BCUT2D eigenvalue weighted by Crippen LogP contribution is 2.52. The first-order chi connectivity index (χ1) is 30.0. The van der Waals surface area contributed by atoms with Crippen molar-refractivity contribution in [2.24, 2.45) is 0 Å². The molecule has 0 unspecified atom stereocenters. The van der Waals surface area contributed by atoms with Gasteiger partial charge in [0.25, 0.3) is 0 Å². The molecular weight excluding hydrogens is 745 g/mol. The highest BCUT2D eigenvalue weighted by molar-refractivity contribution is 6.17. The fourth-order valence-electron chi connectivity index (χ4n) is 10.1. The van der Waals surface area contributed by atoms with E-state index in [4.69, 9.17) is 19.4 Å². The molecule has 0 radical (unpaired) electrons. The van der Waals surface area contributed by atoms with Crippen molar-refractivity contribution in [3.63, 3.8) is 0 Å². The molecule has 0 fully saturated rings. The van der Waals surface area contributed by atoms with Crippen molar-refractivity contribution in [3.8, 4) is 51.0 Å². The molecule has 13 rings (SSSR count). The van der Waals surface area contributed by atoms with Crippen LogP contribution in [-0.2, 0) is 5.41 Å². The quantitative estimate of drug-likeness (QED) is 0.178. The smallest absolute Gasteiger partial charge is 0.238 e. The lowest BCUT2D eigenvalue weighted by Gasteiger charge is -2.21. The number of rotatable bonds is 4. The van der Waals surface area contributed by atoms with Crippen molar-refractivity contribution in [1.82, 2.24) is 19.5 Å². The molecule has 0 amide bonds. The Bertz CT molecular complexity index is 3800. The number of nitrogens with zero attached hydrogens (tertiary/aromatic N) is 4. The number of furan rings is 1. The minimum Gasteiger partial charge on any atom is -0.456 e. The summed E-state index contributed by atoms with van der Waals surface area (Å²) in [5.41, 5.74) is 12.9. The van der Waals surface area contributed by atoms with Crippen molar-refractivity contribution < 1.29 is 4.42 Å².